The summed E-state index contributed by atoms with van der Waals surface area (Å²) in [7, 11) is -2.60. The van der Waals surface area contributed by atoms with E-state index in [0.29, 0.717) is 0 Å². The standard InChI is InChI=1S/C11H10F2N4O2S/c1-14-11-15-5-7(6-16-11)20(18,19)17-10-8(12)3-2-4-9(10)13/h2-6,17H,1H3,(H,14,15,16). The van der Waals surface area contributed by atoms with Crippen molar-refractivity contribution in [1.82, 2.24) is 9.97 Å². The van der Waals surface area contributed by atoms with Gasteiger partial charge in [-0.05, 0) is 12.1 Å². The summed E-state index contributed by atoms with van der Waals surface area (Å²) in [6.07, 6.45) is 2.06. The predicted molar refractivity (Wildman–Crippen MR) is 68.7 cm³/mol. The van der Waals surface area contributed by atoms with Gasteiger partial charge in [0.1, 0.15) is 22.2 Å². The number of hydrogen-bond acceptors (Lipinski definition) is 5. The van der Waals surface area contributed by atoms with E-state index in [4.69, 9.17) is 0 Å². The Kier molecular flexibility index (Phi) is 3.79. The fourth-order valence-corrected chi connectivity index (χ4v) is 2.34. The molecule has 2 N–H and O–H groups in total. The minimum absolute atomic E-state index is 0.223. The maximum absolute atomic E-state index is 13.4. The summed E-state index contributed by atoms with van der Waals surface area (Å²) >= 11 is 0. The van der Waals surface area contributed by atoms with Gasteiger partial charge in [-0.3, -0.25) is 4.72 Å². The molecule has 0 radical (unpaired) electrons. The Bertz CT molecular complexity index is 699. The van der Waals surface area contributed by atoms with Gasteiger partial charge in [-0.15, -0.1) is 0 Å². The SMILES string of the molecule is CNc1ncc(S(=O)(=O)Nc2c(F)cccc2F)cn1. The summed E-state index contributed by atoms with van der Waals surface area (Å²) in [6.45, 7) is 0. The van der Waals surface area contributed by atoms with Crippen LogP contribution in [0.15, 0.2) is 35.5 Å². The van der Waals surface area contributed by atoms with E-state index in [-0.39, 0.29) is 10.8 Å². The van der Waals surface area contributed by atoms with Crippen LogP contribution < -0.4 is 10.0 Å². The Hall–Kier alpha value is -2.29. The van der Waals surface area contributed by atoms with Crippen LogP contribution in [0.2, 0.25) is 0 Å². The maximum Gasteiger partial charge on any atom is 0.265 e. The van der Waals surface area contributed by atoms with Crippen LogP contribution in [0, 0.1) is 11.6 Å². The molecule has 0 spiro atoms. The van der Waals surface area contributed by atoms with E-state index in [2.05, 4.69) is 15.3 Å². The zero-order chi connectivity index (χ0) is 14.8. The molecule has 0 saturated carbocycles. The lowest BCUT2D eigenvalue weighted by atomic mass is 10.3. The number of halogens is 2. The fraction of sp³-hybridized carbons (Fsp3) is 0.0909. The second kappa shape index (κ2) is 5.37. The van der Waals surface area contributed by atoms with Crippen molar-refractivity contribution in [1.29, 1.82) is 0 Å². The Balaban J connectivity index is 2.35. The third-order valence-electron chi connectivity index (χ3n) is 2.36. The Morgan fingerprint density at radius 1 is 1.10 bits per heavy atom. The molecule has 1 heterocycles. The first-order valence-electron chi connectivity index (χ1n) is 5.40. The third-order valence-corrected chi connectivity index (χ3v) is 3.67. The number of nitrogens with zero attached hydrogens (tertiary/aromatic N) is 2. The van der Waals surface area contributed by atoms with Gasteiger partial charge in [-0.25, -0.2) is 27.2 Å². The quantitative estimate of drug-likeness (QED) is 0.896. The number of benzene rings is 1. The van der Waals surface area contributed by atoms with Crippen LogP contribution in [0.1, 0.15) is 0 Å². The van der Waals surface area contributed by atoms with Crippen LogP contribution in [0.25, 0.3) is 0 Å². The highest BCUT2D eigenvalue weighted by atomic mass is 32.2. The zero-order valence-corrected chi connectivity index (χ0v) is 11.1. The van der Waals surface area contributed by atoms with Gasteiger partial charge in [0.05, 0.1) is 12.4 Å². The van der Waals surface area contributed by atoms with Crippen LogP contribution in [0.5, 0.6) is 0 Å². The van der Waals surface area contributed by atoms with E-state index in [1.807, 2.05) is 4.72 Å². The number of nitrogens with one attached hydrogen (secondary N) is 2. The molecule has 20 heavy (non-hydrogen) atoms. The smallest absolute Gasteiger partial charge is 0.265 e. The average molecular weight is 300 g/mol. The van der Waals surface area contributed by atoms with E-state index in [1.54, 1.807) is 7.05 Å². The molecule has 106 valence electrons. The molecule has 0 aliphatic heterocycles. The summed E-state index contributed by atoms with van der Waals surface area (Å²) in [4.78, 5) is 7.14. The highest BCUT2D eigenvalue weighted by Crippen LogP contribution is 2.21. The summed E-state index contributed by atoms with van der Waals surface area (Å²) in [5.41, 5.74) is -0.745. The Morgan fingerprint density at radius 2 is 1.65 bits per heavy atom. The van der Waals surface area contributed by atoms with Gasteiger partial charge in [0, 0.05) is 7.05 Å². The average Bonchev–Trinajstić information content (AvgIpc) is 2.43. The Morgan fingerprint density at radius 3 is 2.15 bits per heavy atom. The van der Waals surface area contributed by atoms with Crippen molar-refractivity contribution in [2.75, 3.05) is 17.1 Å². The van der Waals surface area contributed by atoms with Gasteiger partial charge in [0.25, 0.3) is 10.0 Å². The van der Waals surface area contributed by atoms with E-state index >= 15 is 0 Å². The normalized spacial score (nSPS) is 11.2. The molecule has 6 nitrogen and oxygen atoms in total. The molecular weight excluding hydrogens is 290 g/mol. The minimum Gasteiger partial charge on any atom is -0.357 e. The number of hydrogen-bond donors (Lipinski definition) is 2. The topological polar surface area (TPSA) is 84.0 Å². The van der Waals surface area contributed by atoms with Gasteiger partial charge in [0.15, 0.2) is 0 Å². The van der Waals surface area contributed by atoms with Gasteiger partial charge < -0.3 is 5.32 Å². The summed E-state index contributed by atoms with van der Waals surface area (Å²) in [5, 5.41) is 2.62. The van der Waals surface area contributed by atoms with Crippen molar-refractivity contribution in [2.45, 2.75) is 4.90 Å². The molecule has 1 aromatic carbocycles. The van der Waals surface area contributed by atoms with Crippen molar-refractivity contribution < 1.29 is 17.2 Å². The van der Waals surface area contributed by atoms with Crippen molar-refractivity contribution in [3.8, 4) is 0 Å². The fourth-order valence-electron chi connectivity index (χ4n) is 1.37. The number of sulfonamides is 1. The van der Waals surface area contributed by atoms with Gasteiger partial charge in [-0.2, -0.15) is 0 Å². The highest BCUT2D eigenvalue weighted by Gasteiger charge is 2.19. The van der Waals surface area contributed by atoms with Crippen LogP contribution in [0.4, 0.5) is 20.4 Å². The minimum atomic E-state index is -4.17. The van der Waals surface area contributed by atoms with Crippen molar-refractivity contribution in [2.24, 2.45) is 0 Å². The molecule has 0 aliphatic rings. The summed E-state index contributed by atoms with van der Waals surface area (Å²) in [5.74, 6) is -1.80. The Labute approximate surface area is 113 Å². The second-order valence-corrected chi connectivity index (χ2v) is 5.38. The van der Waals surface area contributed by atoms with Crippen LogP contribution in [-0.4, -0.2) is 25.4 Å². The van der Waals surface area contributed by atoms with Crippen LogP contribution >= 0.6 is 0 Å². The van der Waals surface area contributed by atoms with Crippen molar-refractivity contribution in [3.63, 3.8) is 0 Å². The lowest BCUT2D eigenvalue weighted by molar-refractivity contribution is 0.582. The number of rotatable bonds is 4. The first-order chi connectivity index (χ1) is 9.44. The molecule has 0 fully saturated rings. The van der Waals surface area contributed by atoms with Gasteiger partial charge in [-0.1, -0.05) is 6.07 Å². The van der Waals surface area contributed by atoms with E-state index in [9.17, 15) is 17.2 Å². The van der Waals surface area contributed by atoms with Crippen molar-refractivity contribution >= 4 is 21.7 Å². The number of anilines is 2. The molecule has 2 aromatic rings. The molecular formula is C11H10F2N4O2S. The molecule has 0 saturated heterocycles. The predicted octanol–water partition coefficient (Wildman–Crippen LogP) is 1.60. The zero-order valence-electron chi connectivity index (χ0n) is 10.3. The monoisotopic (exact) mass is 300 g/mol. The summed E-state index contributed by atoms with van der Waals surface area (Å²) < 4.78 is 52.6. The first kappa shape index (κ1) is 14.1. The first-order valence-corrected chi connectivity index (χ1v) is 6.89. The van der Waals surface area contributed by atoms with E-state index < -0.39 is 27.3 Å². The molecule has 0 amide bonds. The third kappa shape index (κ3) is 2.82. The number of aromatic nitrogens is 2. The van der Waals surface area contributed by atoms with Gasteiger partial charge >= 0.3 is 0 Å². The molecule has 0 unspecified atom stereocenters. The highest BCUT2D eigenvalue weighted by molar-refractivity contribution is 7.92. The maximum atomic E-state index is 13.4. The summed E-state index contributed by atoms with van der Waals surface area (Å²) in [6, 6.07) is 3.02. The molecule has 9 heteroatoms. The van der Waals surface area contributed by atoms with Crippen LogP contribution in [0.3, 0.4) is 0 Å². The van der Waals surface area contributed by atoms with E-state index in [1.165, 1.54) is 0 Å². The van der Waals surface area contributed by atoms with Crippen molar-refractivity contribution in [3.05, 3.63) is 42.2 Å². The molecule has 0 atom stereocenters. The molecule has 2 rings (SSSR count). The van der Waals surface area contributed by atoms with Gasteiger partial charge in [0.2, 0.25) is 5.95 Å². The second-order valence-electron chi connectivity index (χ2n) is 3.69. The molecule has 1 aromatic heterocycles. The molecule has 0 bridgehead atoms. The number of para-hydroxylation sites is 1. The van der Waals surface area contributed by atoms with E-state index in [0.717, 1.165) is 30.6 Å². The van der Waals surface area contributed by atoms with Crippen LogP contribution in [-0.2, 0) is 10.0 Å². The lowest BCUT2D eigenvalue weighted by Gasteiger charge is -2.09. The molecule has 0 aliphatic carbocycles. The largest absolute Gasteiger partial charge is 0.357 e. The lowest BCUT2D eigenvalue weighted by Crippen LogP contribution is -2.16.